The smallest absolute Gasteiger partial charge is 0.271 e. The Bertz CT molecular complexity index is 757. The number of halogens is 1. The molecule has 2 heterocycles. The van der Waals surface area contributed by atoms with Crippen LogP contribution in [0.3, 0.4) is 0 Å². The van der Waals surface area contributed by atoms with Crippen LogP contribution in [0.1, 0.15) is 0 Å². The Balaban J connectivity index is 0.00000264. The van der Waals surface area contributed by atoms with Crippen LogP contribution in [0.25, 0.3) is 11.2 Å². The van der Waals surface area contributed by atoms with Gasteiger partial charge < -0.3 is 19.8 Å². The summed E-state index contributed by atoms with van der Waals surface area (Å²) >= 11 is 5.84. The molecule has 2 atom stereocenters. The van der Waals surface area contributed by atoms with Crippen LogP contribution in [0.15, 0.2) is 12.7 Å². The molecule has 0 aliphatic heterocycles. The van der Waals surface area contributed by atoms with Crippen LogP contribution < -0.4 is 9.86 Å². The van der Waals surface area contributed by atoms with Gasteiger partial charge in [0.1, 0.15) is 11.5 Å². The summed E-state index contributed by atoms with van der Waals surface area (Å²) in [5.74, 6) is 0. The van der Waals surface area contributed by atoms with Gasteiger partial charge in [0.25, 0.3) is 10.2 Å². The summed E-state index contributed by atoms with van der Waals surface area (Å²) in [5, 5.41) is 24.5. The summed E-state index contributed by atoms with van der Waals surface area (Å²) in [6, 6.07) is 0. The normalized spacial score (nSPS) is 14.3. The maximum absolute atomic E-state index is 10.7. The summed E-state index contributed by atoms with van der Waals surface area (Å²) < 4.78 is 24.7. The third kappa shape index (κ3) is 5.87. The third-order valence-electron chi connectivity index (χ3n) is 2.62. The molecule has 23 heavy (non-hydrogen) atoms. The monoisotopic (exact) mass is 437 g/mol. The van der Waals surface area contributed by atoms with Gasteiger partial charge in [-0.2, -0.15) is 8.42 Å². The zero-order valence-corrected chi connectivity index (χ0v) is 16.0. The van der Waals surface area contributed by atoms with Gasteiger partial charge in [-0.25, -0.2) is 14.8 Å². The number of imidazole rings is 1. The number of aliphatic hydroxyl groups is 2. The zero-order chi connectivity index (χ0) is 16.3. The number of hydrogen-bond acceptors (Lipinski definition) is 7. The minimum atomic E-state index is -3.86. The first-order chi connectivity index (χ1) is 10.3. The number of hydrogen-bond donors (Lipinski definition) is 4. The van der Waals surface area contributed by atoms with Gasteiger partial charge >= 0.3 is 0 Å². The molecule has 2 aromatic rings. The van der Waals surface area contributed by atoms with E-state index in [1.54, 1.807) is 0 Å². The Morgan fingerprint density at radius 2 is 2.04 bits per heavy atom. The Kier molecular flexibility index (Phi) is 7.75. The molecule has 0 bridgehead atoms. The number of nitrogens with two attached hydrogens (primary N) is 1. The van der Waals surface area contributed by atoms with E-state index in [-0.39, 0.29) is 44.4 Å². The molecule has 10 nitrogen and oxygen atoms in total. The van der Waals surface area contributed by atoms with E-state index in [1.165, 1.54) is 23.8 Å². The van der Waals surface area contributed by atoms with Crippen molar-refractivity contribution in [2.75, 3.05) is 6.54 Å². The summed E-state index contributed by atoms with van der Waals surface area (Å²) in [4.78, 5) is 11.7. The topological polar surface area (TPSA) is 156 Å². The second kappa shape index (κ2) is 8.63. The third-order valence-corrected chi connectivity index (χ3v) is 3.47. The van der Waals surface area contributed by atoms with Crippen LogP contribution >= 0.6 is 11.6 Å². The molecule has 0 aliphatic carbocycles. The van der Waals surface area contributed by atoms with Crippen molar-refractivity contribution in [1.29, 1.82) is 0 Å². The number of fused-ring (bicyclic) bond motifs is 1. The molecule has 0 spiro atoms. The molecule has 0 unspecified atom stereocenters. The van der Waals surface area contributed by atoms with E-state index < -0.39 is 22.4 Å². The van der Waals surface area contributed by atoms with E-state index >= 15 is 0 Å². The molecule has 0 aromatic carbocycles. The zero-order valence-electron chi connectivity index (χ0n) is 11.6. The van der Waals surface area contributed by atoms with Crippen LogP contribution in [0.5, 0.6) is 0 Å². The minimum Gasteiger partial charge on any atom is -0.451 e. The molecule has 0 saturated carbocycles. The van der Waals surface area contributed by atoms with Crippen molar-refractivity contribution in [2.24, 2.45) is 5.14 Å². The number of nitrogens with one attached hydrogen (secondary N) is 1. The average molecular weight is 438 g/mol. The number of rotatable bonds is 7. The van der Waals surface area contributed by atoms with E-state index in [4.69, 9.17) is 16.7 Å². The number of aromatic nitrogens is 4. The van der Waals surface area contributed by atoms with E-state index in [0.29, 0.717) is 11.2 Å². The summed E-state index contributed by atoms with van der Waals surface area (Å²) in [6.07, 6.45) is 1.08. The van der Waals surface area contributed by atoms with Gasteiger partial charge in [-0.3, -0.25) is 11.4 Å². The van der Waals surface area contributed by atoms with E-state index in [2.05, 4.69) is 15.0 Å². The summed E-state index contributed by atoms with van der Waals surface area (Å²) in [5.41, 5.74) is 0.705. The summed E-state index contributed by atoms with van der Waals surface area (Å²) in [7, 11) is -3.86. The molecule has 13 heteroatoms. The molecular weight excluding hydrogens is 425 g/mol. The van der Waals surface area contributed by atoms with Crippen molar-refractivity contribution in [2.45, 2.75) is 12.2 Å². The van der Waals surface area contributed by atoms with Crippen molar-refractivity contribution in [3.8, 4) is 0 Å². The first kappa shape index (κ1) is 20.6. The van der Waals surface area contributed by atoms with Gasteiger partial charge in [-0.1, -0.05) is 18.1 Å². The maximum Gasteiger partial charge on any atom is 0.271 e. The van der Waals surface area contributed by atoms with Gasteiger partial charge in [0.15, 0.2) is 0 Å². The Morgan fingerprint density at radius 3 is 2.70 bits per heavy atom. The molecule has 0 fully saturated rings. The second-order valence-corrected chi connectivity index (χ2v) is 5.98. The van der Waals surface area contributed by atoms with Gasteiger partial charge in [-0.15, -0.1) is 6.54 Å². The maximum atomic E-state index is 10.7. The Morgan fingerprint density at radius 1 is 1.35 bits per heavy atom. The molecule has 0 saturated heterocycles. The molecule has 2 aromatic heterocycles. The second-order valence-electron chi connectivity index (χ2n) is 4.25. The summed E-state index contributed by atoms with van der Waals surface area (Å²) in [6.45, 7) is 1.01. The fraction of sp³-hybridized carbons (Fsp3) is 0.300. The average Bonchev–Trinajstić information content (AvgIpc) is 2.82. The van der Waals surface area contributed by atoms with Crippen molar-refractivity contribution >= 4 is 33.0 Å². The van der Waals surface area contributed by atoms with Crippen LogP contribution in [-0.4, -0.2) is 56.9 Å². The first-order valence-corrected chi connectivity index (χ1v) is 7.85. The molecular formula is C10H13ClN6O4SY-2. The minimum absolute atomic E-state index is 0. The predicted molar refractivity (Wildman–Crippen MR) is 77.5 cm³/mol. The van der Waals surface area contributed by atoms with E-state index in [0.717, 1.165) is 6.42 Å². The van der Waals surface area contributed by atoms with E-state index in [9.17, 15) is 18.6 Å². The van der Waals surface area contributed by atoms with Crippen LogP contribution in [0.2, 0.25) is 5.15 Å². The van der Waals surface area contributed by atoms with Crippen molar-refractivity contribution in [3.05, 3.63) is 30.8 Å². The van der Waals surface area contributed by atoms with Gasteiger partial charge in [-0.05, 0) is 12.4 Å². The quantitative estimate of drug-likeness (QED) is 0.294. The largest absolute Gasteiger partial charge is 0.451 e. The number of nitrogens with zero attached hydrogens (tertiary/aromatic N) is 4. The van der Waals surface area contributed by atoms with E-state index in [1.807, 2.05) is 4.72 Å². The van der Waals surface area contributed by atoms with Crippen molar-refractivity contribution < 1.29 is 51.3 Å². The SMILES string of the molecule is NS(=O)(=O)NC[CH-][C@@H](O)[C@@H](O)[CH-]n1cnc2c(Cl)ncnc21.[Y]. The first-order valence-electron chi connectivity index (χ1n) is 5.93. The van der Waals surface area contributed by atoms with Gasteiger partial charge in [0.05, 0.1) is 11.2 Å². The molecule has 2 rings (SSSR count). The molecule has 0 aliphatic rings. The Hall–Kier alpha value is -0.396. The van der Waals surface area contributed by atoms with Crippen LogP contribution in [0.4, 0.5) is 0 Å². The van der Waals surface area contributed by atoms with Crippen LogP contribution in [0, 0.1) is 13.0 Å². The fourth-order valence-electron chi connectivity index (χ4n) is 1.61. The van der Waals surface area contributed by atoms with Crippen molar-refractivity contribution in [3.63, 3.8) is 0 Å². The van der Waals surface area contributed by atoms with Crippen molar-refractivity contribution in [1.82, 2.24) is 24.2 Å². The molecule has 1 radical (unpaired) electrons. The number of aliphatic hydroxyl groups excluding tert-OH is 2. The molecule has 125 valence electrons. The molecule has 5 N–H and O–H groups in total. The van der Waals surface area contributed by atoms with Gasteiger partial charge in [0.2, 0.25) is 0 Å². The predicted octanol–water partition coefficient (Wildman–Crippen LogP) is -1.79. The fourth-order valence-corrected chi connectivity index (χ4v) is 2.12. The van der Waals surface area contributed by atoms with Gasteiger partial charge in [0, 0.05) is 38.8 Å². The standard InChI is InChI=1S/C10H13ClN6O4S.Y/c11-9-8-10(14-4-13-9)17(5-15-8)3-7(19)6(18)1-2-16-22(12,20)21;/h1,3-7,16,18-19H,2H2,(H2,12,20,21);/q-2;/t6-,7+;/m1./s1. The molecule has 0 amide bonds. The Labute approximate surface area is 162 Å². The van der Waals surface area contributed by atoms with Crippen LogP contribution in [-0.2, 0) is 42.9 Å².